The molecular weight excluding hydrogens is 294 g/mol. The second kappa shape index (κ2) is 6.52. The summed E-state index contributed by atoms with van der Waals surface area (Å²) < 4.78 is 7.09. The molecule has 0 radical (unpaired) electrons. The average molecular weight is 317 g/mol. The van der Waals surface area contributed by atoms with Crippen molar-refractivity contribution in [3.05, 3.63) is 29.7 Å². The average Bonchev–Trinajstić information content (AvgIpc) is 3.24. The van der Waals surface area contributed by atoms with Crippen LogP contribution in [0.5, 0.6) is 0 Å². The maximum atomic E-state index is 12.5. The molecule has 2 aromatic rings. The standard InChI is InChI=1S/C16H23N5O2/c1-11(2)16-18-15(19-23-16)13-5-4-7-21(13)14(22)6-8-20-10-12(3)9-17-20/h9-11,13H,4-8H2,1-3H3. The van der Waals surface area contributed by atoms with E-state index in [-0.39, 0.29) is 17.9 Å². The second-order valence-corrected chi connectivity index (χ2v) is 6.42. The van der Waals surface area contributed by atoms with Crippen molar-refractivity contribution >= 4 is 5.91 Å². The van der Waals surface area contributed by atoms with Gasteiger partial charge in [-0.05, 0) is 25.3 Å². The maximum Gasteiger partial charge on any atom is 0.229 e. The van der Waals surface area contributed by atoms with Gasteiger partial charge in [0.25, 0.3) is 0 Å². The minimum absolute atomic E-state index is 0.0573. The summed E-state index contributed by atoms with van der Waals surface area (Å²) in [7, 11) is 0. The zero-order valence-corrected chi connectivity index (χ0v) is 13.9. The van der Waals surface area contributed by atoms with Crippen LogP contribution in [0.4, 0.5) is 0 Å². The van der Waals surface area contributed by atoms with Gasteiger partial charge in [0, 0.05) is 31.6 Å². The van der Waals surface area contributed by atoms with Gasteiger partial charge in [-0.25, -0.2) is 0 Å². The second-order valence-electron chi connectivity index (χ2n) is 6.42. The number of carbonyl (C=O) groups is 1. The fourth-order valence-corrected chi connectivity index (χ4v) is 2.89. The lowest BCUT2D eigenvalue weighted by Crippen LogP contribution is -2.31. The molecule has 0 bridgehead atoms. The summed E-state index contributed by atoms with van der Waals surface area (Å²) in [5.74, 6) is 1.59. The van der Waals surface area contributed by atoms with Gasteiger partial charge in [-0.3, -0.25) is 9.48 Å². The fourth-order valence-electron chi connectivity index (χ4n) is 2.89. The zero-order chi connectivity index (χ0) is 16.4. The molecule has 0 aromatic carbocycles. The van der Waals surface area contributed by atoms with Crippen LogP contribution in [0.3, 0.4) is 0 Å². The molecule has 0 aliphatic carbocycles. The van der Waals surface area contributed by atoms with E-state index in [0.717, 1.165) is 24.9 Å². The fraction of sp³-hybridized carbons (Fsp3) is 0.625. The molecule has 0 spiro atoms. The Morgan fingerprint density at radius 2 is 2.30 bits per heavy atom. The Balaban J connectivity index is 1.64. The van der Waals surface area contributed by atoms with Crippen LogP contribution in [0, 0.1) is 6.92 Å². The highest BCUT2D eigenvalue weighted by Gasteiger charge is 2.33. The largest absolute Gasteiger partial charge is 0.339 e. The first-order chi connectivity index (χ1) is 11.0. The van der Waals surface area contributed by atoms with Crippen molar-refractivity contribution in [3.63, 3.8) is 0 Å². The van der Waals surface area contributed by atoms with Gasteiger partial charge < -0.3 is 9.42 Å². The third-order valence-corrected chi connectivity index (χ3v) is 4.14. The normalized spacial score (nSPS) is 18.1. The molecular formula is C16H23N5O2. The first-order valence-electron chi connectivity index (χ1n) is 8.16. The summed E-state index contributed by atoms with van der Waals surface area (Å²) >= 11 is 0. The smallest absolute Gasteiger partial charge is 0.229 e. The van der Waals surface area contributed by atoms with Crippen molar-refractivity contribution in [2.24, 2.45) is 0 Å². The number of aromatic nitrogens is 4. The Labute approximate surface area is 135 Å². The van der Waals surface area contributed by atoms with Crippen LogP contribution < -0.4 is 0 Å². The van der Waals surface area contributed by atoms with Gasteiger partial charge in [0.15, 0.2) is 5.82 Å². The van der Waals surface area contributed by atoms with Gasteiger partial charge in [-0.2, -0.15) is 10.1 Å². The van der Waals surface area contributed by atoms with Crippen LogP contribution in [0.2, 0.25) is 0 Å². The Morgan fingerprint density at radius 3 is 2.96 bits per heavy atom. The van der Waals surface area contributed by atoms with E-state index in [2.05, 4.69) is 15.2 Å². The van der Waals surface area contributed by atoms with Crippen molar-refractivity contribution in [2.75, 3.05) is 6.54 Å². The molecule has 1 unspecified atom stereocenters. The van der Waals surface area contributed by atoms with E-state index in [1.165, 1.54) is 0 Å². The Bertz CT molecular complexity index is 676. The predicted molar refractivity (Wildman–Crippen MR) is 83.7 cm³/mol. The van der Waals surface area contributed by atoms with E-state index in [1.807, 2.05) is 36.5 Å². The molecule has 7 nitrogen and oxygen atoms in total. The summed E-state index contributed by atoms with van der Waals surface area (Å²) in [5, 5.41) is 8.30. The molecule has 3 heterocycles. The van der Waals surface area contributed by atoms with E-state index in [4.69, 9.17) is 4.52 Å². The van der Waals surface area contributed by atoms with Crippen LogP contribution in [0.15, 0.2) is 16.9 Å². The predicted octanol–water partition coefficient (Wildman–Crippen LogP) is 2.45. The molecule has 124 valence electrons. The maximum absolute atomic E-state index is 12.5. The highest BCUT2D eigenvalue weighted by atomic mass is 16.5. The van der Waals surface area contributed by atoms with Crippen molar-refractivity contribution < 1.29 is 9.32 Å². The van der Waals surface area contributed by atoms with Gasteiger partial charge in [-0.15, -0.1) is 0 Å². The highest BCUT2D eigenvalue weighted by Crippen LogP contribution is 2.31. The van der Waals surface area contributed by atoms with Crippen molar-refractivity contribution in [2.45, 2.75) is 58.5 Å². The number of likely N-dealkylation sites (tertiary alicyclic amines) is 1. The molecule has 2 aromatic heterocycles. The lowest BCUT2D eigenvalue weighted by Gasteiger charge is -2.22. The lowest BCUT2D eigenvalue weighted by molar-refractivity contribution is -0.132. The number of carbonyl (C=O) groups excluding carboxylic acids is 1. The third-order valence-electron chi connectivity index (χ3n) is 4.14. The lowest BCUT2D eigenvalue weighted by atomic mass is 10.2. The van der Waals surface area contributed by atoms with Gasteiger partial charge in [-0.1, -0.05) is 19.0 Å². The first kappa shape index (κ1) is 15.7. The van der Waals surface area contributed by atoms with Crippen LogP contribution in [0.25, 0.3) is 0 Å². The summed E-state index contributed by atoms with van der Waals surface area (Å²) in [6.07, 6.45) is 6.05. The minimum atomic E-state index is -0.0573. The molecule has 0 N–H and O–H groups in total. The highest BCUT2D eigenvalue weighted by molar-refractivity contribution is 5.76. The van der Waals surface area contributed by atoms with Gasteiger partial charge in [0.05, 0.1) is 12.2 Å². The number of hydrogen-bond donors (Lipinski definition) is 0. The number of nitrogens with zero attached hydrogens (tertiary/aromatic N) is 5. The molecule has 1 atom stereocenters. The number of rotatable bonds is 5. The molecule has 1 aliphatic heterocycles. The van der Waals surface area contributed by atoms with Crippen molar-refractivity contribution in [1.82, 2.24) is 24.8 Å². The molecule has 3 rings (SSSR count). The monoisotopic (exact) mass is 317 g/mol. The van der Waals surface area contributed by atoms with Crippen LogP contribution in [0.1, 0.15) is 62.3 Å². The van der Waals surface area contributed by atoms with E-state index in [9.17, 15) is 4.79 Å². The van der Waals surface area contributed by atoms with Gasteiger partial charge >= 0.3 is 0 Å². The van der Waals surface area contributed by atoms with Crippen molar-refractivity contribution in [3.8, 4) is 0 Å². The Kier molecular flexibility index (Phi) is 4.45. The molecule has 1 amide bonds. The SMILES string of the molecule is Cc1cnn(CCC(=O)N2CCCC2c2noc(C(C)C)n2)c1. The summed E-state index contributed by atoms with van der Waals surface area (Å²) in [5.41, 5.74) is 1.10. The van der Waals surface area contributed by atoms with E-state index >= 15 is 0 Å². The molecule has 1 fully saturated rings. The Hall–Kier alpha value is -2.18. The Morgan fingerprint density at radius 1 is 1.48 bits per heavy atom. The van der Waals surface area contributed by atoms with Crippen LogP contribution >= 0.6 is 0 Å². The molecule has 0 saturated carbocycles. The topological polar surface area (TPSA) is 77.0 Å². The summed E-state index contributed by atoms with van der Waals surface area (Å²) in [6.45, 7) is 7.37. The summed E-state index contributed by atoms with van der Waals surface area (Å²) in [4.78, 5) is 18.9. The van der Waals surface area contributed by atoms with Crippen LogP contribution in [-0.2, 0) is 11.3 Å². The summed E-state index contributed by atoms with van der Waals surface area (Å²) in [6, 6.07) is -0.0573. The third kappa shape index (κ3) is 3.43. The molecule has 1 saturated heterocycles. The molecule has 23 heavy (non-hydrogen) atoms. The van der Waals surface area contributed by atoms with Gasteiger partial charge in [0.2, 0.25) is 11.8 Å². The molecule has 7 heteroatoms. The van der Waals surface area contributed by atoms with Crippen LogP contribution in [-0.4, -0.2) is 37.3 Å². The van der Waals surface area contributed by atoms with E-state index < -0.39 is 0 Å². The van der Waals surface area contributed by atoms with E-state index in [0.29, 0.717) is 24.7 Å². The first-order valence-corrected chi connectivity index (χ1v) is 8.16. The van der Waals surface area contributed by atoms with E-state index in [1.54, 1.807) is 6.20 Å². The van der Waals surface area contributed by atoms with Crippen molar-refractivity contribution in [1.29, 1.82) is 0 Å². The number of amides is 1. The zero-order valence-electron chi connectivity index (χ0n) is 13.9. The number of hydrogen-bond acceptors (Lipinski definition) is 5. The number of aryl methyl sites for hydroxylation is 2. The van der Waals surface area contributed by atoms with Gasteiger partial charge in [0.1, 0.15) is 0 Å². The quantitative estimate of drug-likeness (QED) is 0.846. The molecule has 1 aliphatic rings. The minimum Gasteiger partial charge on any atom is -0.339 e.